The fraction of sp³-hybridized carbons (Fsp3) is 0.643. The van der Waals surface area contributed by atoms with Crippen LogP contribution < -0.4 is 10.6 Å². The van der Waals surface area contributed by atoms with Crippen molar-refractivity contribution in [1.29, 1.82) is 0 Å². The zero-order chi connectivity index (χ0) is 16.6. The van der Waals surface area contributed by atoms with Crippen molar-refractivity contribution in [2.75, 3.05) is 11.9 Å². The lowest BCUT2D eigenvalue weighted by molar-refractivity contribution is -0.133. The second-order valence-corrected chi connectivity index (χ2v) is 7.27. The quantitative estimate of drug-likeness (QED) is 0.810. The normalized spacial score (nSPS) is 19.7. The largest absolute Gasteiger partial charge is 0.325 e. The van der Waals surface area contributed by atoms with Gasteiger partial charge in [0, 0.05) is 5.92 Å². The number of imide groups is 1. The van der Waals surface area contributed by atoms with E-state index < -0.39 is 17.5 Å². The average Bonchev–Trinajstić information content (AvgIpc) is 3.18. The van der Waals surface area contributed by atoms with Gasteiger partial charge in [0.05, 0.1) is 0 Å². The van der Waals surface area contributed by atoms with Crippen molar-refractivity contribution in [3.63, 3.8) is 0 Å². The van der Waals surface area contributed by atoms with Crippen molar-refractivity contribution in [2.24, 2.45) is 0 Å². The molecule has 3 rings (SSSR count). The highest BCUT2D eigenvalue weighted by molar-refractivity contribution is 7.15. The predicted octanol–water partition coefficient (Wildman–Crippen LogP) is 1.46. The van der Waals surface area contributed by atoms with Crippen molar-refractivity contribution >= 4 is 34.3 Å². The Kier molecular flexibility index (Phi) is 4.05. The second kappa shape index (κ2) is 5.88. The molecular formula is C14H19N5O3S. The molecule has 0 aromatic carbocycles. The van der Waals surface area contributed by atoms with Gasteiger partial charge in [0.1, 0.15) is 17.1 Å². The first-order valence-electron chi connectivity index (χ1n) is 7.69. The van der Waals surface area contributed by atoms with E-state index in [1.807, 2.05) is 13.8 Å². The maximum atomic E-state index is 12.5. The Hall–Kier alpha value is -2.03. The predicted molar refractivity (Wildman–Crippen MR) is 84.1 cm³/mol. The lowest BCUT2D eigenvalue weighted by Gasteiger charge is -2.19. The highest BCUT2D eigenvalue weighted by Gasteiger charge is 2.52. The molecule has 4 amide bonds. The molecule has 9 heteroatoms. The van der Waals surface area contributed by atoms with E-state index in [0.717, 1.165) is 22.7 Å². The summed E-state index contributed by atoms with van der Waals surface area (Å²) >= 11 is 1.29. The van der Waals surface area contributed by atoms with E-state index in [0.29, 0.717) is 18.0 Å². The van der Waals surface area contributed by atoms with Crippen LogP contribution >= 0.6 is 11.3 Å². The number of hydrogen-bond donors (Lipinski definition) is 2. The summed E-state index contributed by atoms with van der Waals surface area (Å²) in [6.45, 7) is 3.67. The van der Waals surface area contributed by atoms with Gasteiger partial charge in [0.2, 0.25) is 11.0 Å². The van der Waals surface area contributed by atoms with Crippen LogP contribution in [0.25, 0.3) is 0 Å². The summed E-state index contributed by atoms with van der Waals surface area (Å²) in [5.41, 5.74) is -0.787. The van der Waals surface area contributed by atoms with Gasteiger partial charge in [-0.3, -0.25) is 19.8 Å². The van der Waals surface area contributed by atoms with Crippen LogP contribution in [-0.2, 0) is 9.59 Å². The highest BCUT2D eigenvalue weighted by Crippen LogP contribution is 2.35. The zero-order valence-corrected chi connectivity index (χ0v) is 13.9. The number of amides is 4. The molecule has 23 heavy (non-hydrogen) atoms. The highest BCUT2D eigenvalue weighted by atomic mass is 32.1. The smallest absolute Gasteiger partial charge is 0.323 e. The molecule has 0 radical (unpaired) electrons. The fourth-order valence-corrected chi connectivity index (χ4v) is 3.72. The van der Waals surface area contributed by atoms with Crippen LogP contribution in [-0.4, -0.2) is 45.0 Å². The summed E-state index contributed by atoms with van der Waals surface area (Å²) in [6.07, 6.45) is 3.11. The van der Waals surface area contributed by atoms with Gasteiger partial charge in [-0.2, -0.15) is 0 Å². The lowest BCUT2D eigenvalue weighted by Crippen LogP contribution is -2.44. The third-order valence-corrected chi connectivity index (χ3v) is 5.32. The van der Waals surface area contributed by atoms with Crippen LogP contribution in [0.3, 0.4) is 0 Å². The number of nitrogens with one attached hydrogen (secondary N) is 2. The average molecular weight is 337 g/mol. The van der Waals surface area contributed by atoms with Crippen LogP contribution in [0.1, 0.15) is 50.5 Å². The molecule has 1 aromatic rings. The lowest BCUT2D eigenvalue weighted by atomic mass is 9.98. The number of urea groups is 1. The summed E-state index contributed by atoms with van der Waals surface area (Å²) in [5, 5.41) is 14.4. The maximum absolute atomic E-state index is 12.5. The Balaban J connectivity index is 1.63. The van der Waals surface area contributed by atoms with Gasteiger partial charge in [0.15, 0.2) is 0 Å². The topological polar surface area (TPSA) is 104 Å². The first kappa shape index (κ1) is 15.9. The van der Waals surface area contributed by atoms with Crippen molar-refractivity contribution in [3.05, 3.63) is 5.01 Å². The molecule has 0 atom stereocenters. The molecule has 1 aliphatic heterocycles. The number of rotatable bonds is 4. The Morgan fingerprint density at radius 2 is 2.04 bits per heavy atom. The molecule has 1 saturated heterocycles. The van der Waals surface area contributed by atoms with Crippen LogP contribution in [0.4, 0.5) is 9.93 Å². The van der Waals surface area contributed by atoms with Gasteiger partial charge in [-0.25, -0.2) is 4.79 Å². The third-order valence-electron chi connectivity index (χ3n) is 4.19. The summed E-state index contributed by atoms with van der Waals surface area (Å²) in [4.78, 5) is 37.6. The third kappa shape index (κ3) is 2.92. The molecule has 0 bridgehead atoms. The molecule has 0 unspecified atom stereocenters. The van der Waals surface area contributed by atoms with E-state index in [9.17, 15) is 14.4 Å². The molecule has 1 aliphatic carbocycles. The molecule has 2 heterocycles. The van der Waals surface area contributed by atoms with Crippen LogP contribution in [0.5, 0.6) is 0 Å². The molecular weight excluding hydrogens is 318 g/mol. The maximum Gasteiger partial charge on any atom is 0.325 e. The molecule has 2 fully saturated rings. The van der Waals surface area contributed by atoms with E-state index >= 15 is 0 Å². The Labute approximate surface area is 137 Å². The van der Waals surface area contributed by atoms with Gasteiger partial charge >= 0.3 is 6.03 Å². The molecule has 2 aliphatic rings. The molecule has 1 spiro atoms. The van der Waals surface area contributed by atoms with Crippen LogP contribution in [0.2, 0.25) is 0 Å². The van der Waals surface area contributed by atoms with Gasteiger partial charge in [-0.1, -0.05) is 38.0 Å². The van der Waals surface area contributed by atoms with Gasteiger partial charge in [-0.05, 0) is 12.8 Å². The fourth-order valence-electron chi connectivity index (χ4n) is 2.96. The van der Waals surface area contributed by atoms with Gasteiger partial charge in [0.25, 0.3) is 5.91 Å². The first-order valence-corrected chi connectivity index (χ1v) is 8.50. The van der Waals surface area contributed by atoms with E-state index in [1.165, 1.54) is 11.3 Å². The summed E-state index contributed by atoms with van der Waals surface area (Å²) in [5.74, 6) is -0.517. The van der Waals surface area contributed by atoms with Gasteiger partial charge in [-0.15, -0.1) is 10.2 Å². The van der Waals surface area contributed by atoms with E-state index in [1.54, 1.807) is 0 Å². The Morgan fingerprint density at radius 3 is 2.65 bits per heavy atom. The summed E-state index contributed by atoms with van der Waals surface area (Å²) in [6, 6.07) is -0.493. The van der Waals surface area contributed by atoms with Crippen molar-refractivity contribution < 1.29 is 14.4 Å². The number of anilines is 1. The Bertz CT molecular complexity index is 651. The minimum Gasteiger partial charge on any atom is -0.323 e. The van der Waals surface area contributed by atoms with E-state index in [2.05, 4.69) is 20.8 Å². The van der Waals surface area contributed by atoms with Gasteiger partial charge < -0.3 is 5.32 Å². The first-order chi connectivity index (χ1) is 10.9. The molecule has 8 nitrogen and oxygen atoms in total. The van der Waals surface area contributed by atoms with E-state index in [-0.39, 0.29) is 18.4 Å². The van der Waals surface area contributed by atoms with E-state index in [4.69, 9.17) is 0 Å². The standard InChI is InChI=1S/C14H19N5O3S/c1-8(2)10-17-18-12(23-10)15-9(20)7-19-11(21)14(16-13(19)22)5-3-4-6-14/h8H,3-7H2,1-2H3,(H,16,22)(H,15,18,20). The monoisotopic (exact) mass is 337 g/mol. The van der Waals surface area contributed by atoms with Crippen molar-refractivity contribution in [2.45, 2.75) is 51.0 Å². The van der Waals surface area contributed by atoms with Crippen molar-refractivity contribution in [3.8, 4) is 0 Å². The van der Waals surface area contributed by atoms with Crippen LogP contribution in [0, 0.1) is 0 Å². The number of carbonyl (C=O) groups excluding carboxylic acids is 3. The number of hydrogen-bond acceptors (Lipinski definition) is 6. The van der Waals surface area contributed by atoms with Crippen molar-refractivity contribution in [1.82, 2.24) is 20.4 Å². The Morgan fingerprint density at radius 1 is 1.35 bits per heavy atom. The number of aromatic nitrogens is 2. The SMILES string of the molecule is CC(C)c1nnc(NC(=O)CN2C(=O)NC3(CCCC3)C2=O)s1. The minimum atomic E-state index is -0.787. The number of carbonyl (C=O) groups is 3. The summed E-state index contributed by atoms with van der Waals surface area (Å²) < 4.78 is 0. The summed E-state index contributed by atoms with van der Waals surface area (Å²) in [7, 11) is 0. The second-order valence-electron chi connectivity index (χ2n) is 6.26. The molecule has 124 valence electrons. The molecule has 2 N–H and O–H groups in total. The molecule has 1 aromatic heterocycles. The molecule has 1 saturated carbocycles. The number of nitrogens with zero attached hydrogens (tertiary/aromatic N) is 3. The minimum absolute atomic E-state index is 0.228. The van der Waals surface area contributed by atoms with Crippen LogP contribution in [0.15, 0.2) is 0 Å². The zero-order valence-electron chi connectivity index (χ0n) is 13.1.